The number of aldehydes is 1. The first kappa shape index (κ1) is 29.5. The molecule has 0 bridgehead atoms. The molecule has 0 fully saturated rings. The van der Waals surface area contributed by atoms with Crippen LogP contribution in [0.25, 0.3) is 10.9 Å². The van der Waals surface area contributed by atoms with Gasteiger partial charge in [0.1, 0.15) is 11.9 Å². The average molecular weight is 487 g/mol. The first-order chi connectivity index (χ1) is 16.7. The van der Waals surface area contributed by atoms with Gasteiger partial charge in [-0.05, 0) is 64.3 Å². The Bertz CT molecular complexity index is 1130. The van der Waals surface area contributed by atoms with E-state index in [2.05, 4.69) is 18.9 Å². The van der Waals surface area contributed by atoms with Crippen molar-refractivity contribution in [2.75, 3.05) is 13.7 Å². The van der Waals surface area contributed by atoms with E-state index < -0.39 is 24.5 Å². The molecule has 3 N–H and O–H groups in total. The summed E-state index contributed by atoms with van der Waals surface area (Å²) in [6.45, 7) is 11.0. The van der Waals surface area contributed by atoms with Crippen LogP contribution in [0.5, 0.6) is 5.75 Å². The number of rotatable bonds is 9. The number of carboxylic acids is 1. The summed E-state index contributed by atoms with van der Waals surface area (Å²) in [6, 6.07) is 1.80. The van der Waals surface area contributed by atoms with Gasteiger partial charge in [-0.25, -0.2) is 9.18 Å². The van der Waals surface area contributed by atoms with Crippen LogP contribution in [0, 0.1) is 6.92 Å². The molecule has 8 heteroatoms. The summed E-state index contributed by atoms with van der Waals surface area (Å²) in [5.74, 6) is -1.49. The molecule has 1 unspecified atom stereocenters. The number of aryl methyl sites for hydroxylation is 2. The zero-order valence-electron chi connectivity index (χ0n) is 20.9. The Morgan fingerprint density at radius 3 is 2.54 bits per heavy atom. The van der Waals surface area contributed by atoms with Crippen LogP contribution in [0.2, 0.25) is 0 Å². The molecular weight excluding hydrogens is 451 g/mol. The predicted molar refractivity (Wildman–Crippen MR) is 137 cm³/mol. The van der Waals surface area contributed by atoms with Gasteiger partial charge < -0.3 is 20.1 Å². The van der Waals surface area contributed by atoms with Gasteiger partial charge in [0.15, 0.2) is 12.9 Å². The largest absolute Gasteiger partial charge is 0.481 e. The molecule has 7 nitrogen and oxygen atoms in total. The fourth-order valence-electron chi connectivity index (χ4n) is 4.20. The van der Waals surface area contributed by atoms with Gasteiger partial charge in [0.05, 0.1) is 16.5 Å². The highest BCUT2D eigenvalue weighted by molar-refractivity contribution is 6.37. The number of ether oxygens (including phenoxy) is 1. The van der Waals surface area contributed by atoms with Crippen molar-refractivity contribution in [2.45, 2.75) is 52.8 Å². The molecule has 0 spiro atoms. The normalized spacial score (nSPS) is 13.4. The minimum absolute atomic E-state index is 0.237. The summed E-state index contributed by atoms with van der Waals surface area (Å²) in [5.41, 5.74) is 9.24. The first-order valence-electron chi connectivity index (χ1n) is 11.3. The number of allylic oxidation sites excluding steroid dienone is 4. The topological polar surface area (TPSA) is 112 Å². The molecule has 1 aliphatic rings. The van der Waals surface area contributed by atoms with Crippen molar-refractivity contribution in [1.29, 1.82) is 0 Å². The molecule has 3 rings (SSSR count). The van der Waals surface area contributed by atoms with Crippen molar-refractivity contribution < 1.29 is 28.6 Å². The number of Topliss-reactive ketones (excluding diaryl/α,β-unsaturated/α-hetero) is 1. The van der Waals surface area contributed by atoms with Crippen LogP contribution in [-0.4, -0.2) is 47.5 Å². The number of hydrogen-bond acceptors (Lipinski definition) is 5. The second-order valence-electron chi connectivity index (χ2n) is 7.88. The first-order valence-corrected chi connectivity index (χ1v) is 11.3. The van der Waals surface area contributed by atoms with E-state index in [9.17, 15) is 18.8 Å². The Balaban J connectivity index is 0.00000145. The van der Waals surface area contributed by atoms with Crippen molar-refractivity contribution in [2.24, 2.45) is 5.73 Å². The fraction of sp³-hybridized carbons (Fsp3) is 0.370. The van der Waals surface area contributed by atoms with E-state index in [4.69, 9.17) is 9.84 Å². The van der Waals surface area contributed by atoms with E-state index in [0.717, 1.165) is 41.5 Å². The van der Waals surface area contributed by atoms with Crippen LogP contribution in [0.1, 0.15) is 47.4 Å². The minimum Gasteiger partial charge on any atom is -0.481 e. The summed E-state index contributed by atoms with van der Waals surface area (Å²) >= 11 is 0. The highest BCUT2D eigenvalue weighted by Gasteiger charge is 2.28. The summed E-state index contributed by atoms with van der Waals surface area (Å²) in [4.78, 5) is 35.1. The van der Waals surface area contributed by atoms with Crippen LogP contribution in [0.3, 0.4) is 0 Å². The average Bonchev–Trinajstić information content (AvgIpc) is 3.42. The van der Waals surface area contributed by atoms with Gasteiger partial charge in [-0.3, -0.25) is 9.59 Å². The van der Waals surface area contributed by atoms with Crippen molar-refractivity contribution in [3.63, 3.8) is 0 Å². The molecule has 0 saturated carbocycles. The highest BCUT2D eigenvalue weighted by atomic mass is 19.1. The zero-order chi connectivity index (χ0) is 26.7. The summed E-state index contributed by atoms with van der Waals surface area (Å²) in [6.07, 6.45) is 6.74. The minimum atomic E-state index is -1.12. The number of alkyl halides is 1. The van der Waals surface area contributed by atoms with Crippen molar-refractivity contribution in [3.05, 3.63) is 65.4 Å². The SMILES string of the molecule is C/C(=C\C=C/C(C)F)Cn1c(C)c(C(=O)C=O)c2c(OCC(=O)O)cc3c(c21)CCC3.C=C.CN. The molecule has 1 atom stereocenters. The predicted octanol–water partition coefficient (Wildman–Crippen LogP) is 4.52. The van der Waals surface area contributed by atoms with Crippen LogP contribution in [0.4, 0.5) is 4.39 Å². The van der Waals surface area contributed by atoms with Crippen molar-refractivity contribution >= 4 is 28.9 Å². The van der Waals surface area contributed by atoms with Gasteiger partial charge in [-0.2, -0.15) is 0 Å². The Hall–Kier alpha value is -3.52. The second kappa shape index (κ2) is 14.0. The lowest BCUT2D eigenvalue weighted by Crippen LogP contribution is -2.10. The molecule has 1 heterocycles. The van der Waals surface area contributed by atoms with E-state index in [0.29, 0.717) is 23.4 Å². The van der Waals surface area contributed by atoms with Crippen molar-refractivity contribution in [3.8, 4) is 5.75 Å². The smallest absolute Gasteiger partial charge is 0.341 e. The number of carbonyl (C=O) groups is 3. The molecule has 1 aromatic heterocycles. The third kappa shape index (κ3) is 6.99. The van der Waals surface area contributed by atoms with E-state index in [1.54, 1.807) is 19.1 Å². The molecule has 0 aliphatic heterocycles. The number of aromatic nitrogens is 1. The van der Waals surface area contributed by atoms with E-state index in [-0.39, 0.29) is 11.8 Å². The van der Waals surface area contributed by atoms with Crippen molar-refractivity contribution in [1.82, 2.24) is 4.57 Å². The fourth-order valence-corrected chi connectivity index (χ4v) is 4.20. The van der Waals surface area contributed by atoms with E-state index in [1.165, 1.54) is 20.0 Å². The van der Waals surface area contributed by atoms with Gasteiger partial charge in [0.2, 0.25) is 5.78 Å². The number of halogens is 1. The number of aliphatic carboxylic acids is 1. The number of nitrogens with two attached hydrogens (primary N) is 1. The number of carboxylic acid groups (broad SMARTS) is 1. The molecule has 35 heavy (non-hydrogen) atoms. The third-order valence-corrected chi connectivity index (χ3v) is 5.49. The maximum atomic E-state index is 13.1. The Labute approximate surface area is 205 Å². The number of ketones is 1. The van der Waals surface area contributed by atoms with Gasteiger partial charge in [0.25, 0.3) is 0 Å². The number of fused-ring (bicyclic) bond motifs is 3. The van der Waals surface area contributed by atoms with Crippen LogP contribution in [0.15, 0.2) is 43.0 Å². The maximum absolute atomic E-state index is 13.1. The number of nitrogens with zero attached hydrogens (tertiary/aromatic N) is 1. The second-order valence-corrected chi connectivity index (χ2v) is 7.88. The molecule has 190 valence electrons. The summed E-state index contributed by atoms with van der Waals surface area (Å²) in [5, 5.41) is 9.55. The molecular formula is C27H35FN2O5. The van der Waals surface area contributed by atoms with E-state index in [1.807, 2.05) is 17.6 Å². The summed E-state index contributed by atoms with van der Waals surface area (Å²) < 4.78 is 20.6. The molecule has 0 saturated heterocycles. The van der Waals surface area contributed by atoms with Crippen LogP contribution in [-0.2, 0) is 29.0 Å². The Morgan fingerprint density at radius 1 is 1.31 bits per heavy atom. The standard InChI is InChI=1S/C24H26FNO5.C2H4.CH5N/c1-14(6-4-7-15(2)25)11-26-16(3)22(19(28)12-27)23-20(31-13-21(29)30)10-17-8-5-9-18(17)24(23)26;2*1-2/h4,6-7,10,12,15H,5,8-9,11,13H2,1-3H3,(H,29,30);1-2H2;2H2,1H3/b7-4-,14-6+;;. The van der Waals surface area contributed by atoms with Gasteiger partial charge in [-0.1, -0.05) is 23.8 Å². The van der Waals surface area contributed by atoms with Gasteiger partial charge >= 0.3 is 5.97 Å². The molecule has 0 amide bonds. The number of carbonyl (C=O) groups excluding carboxylic acids is 2. The lowest BCUT2D eigenvalue weighted by atomic mass is 10.0. The van der Waals surface area contributed by atoms with Gasteiger partial charge in [0, 0.05) is 12.2 Å². The van der Waals surface area contributed by atoms with Crippen LogP contribution >= 0.6 is 0 Å². The lowest BCUT2D eigenvalue weighted by Gasteiger charge is -2.14. The Morgan fingerprint density at radius 2 is 1.97 bits per heavy atom. The highest BCUT2D eigenvalue weighted by Crippen LogP contribution is 2.41. The molecule has 2 aromatic rings. The lowest BCUT2D eigenvalue weighted by molar-refractivity contribution is -0.139. The molecule has 1 aliphatic carbocycles. The molecule has 0 radical (unpaired) electrons. The maximum Gasteiger partial charge on any atom is 0.341 e. The number of benzene rings is 1. The zero-order valence-corrected chi connectivity index (χ0v) is 20.9. The third-order valence-electron chi connectivity index (χ3n) is 5.49. The number of hydrogen-bond donors (Lipinski definition) is 2. The Kier molecular flexibility index (Phi) is 11.8. The van der Waals surface area contributed by atoms with Gasteiger partial charge in [-0.15, -0.1) is 13.2 Å². The molecule has 1 aromatic carbocycles. The summed E-state index contributed by atoms with van der Waals surface area (Å²) in [7, 11) is 1.50. The van der Waals surface area contributed by atoms with E-state index >= 15 is 0 Å². The monoisotopic (exact) mass is 486 g/mol. The van der Waals surface area contributed by atoms with Crippen LogP contribution < -0.4 is 10.5 Å². The quantitative estimate of drug-likeness (QED) is 0.177.